The number of amides is 1. The number of hydrogen-bond donors (Lipinski definition) is 1. The molecule has 0 aromatic carbocycles. The highest BCUT2D eigenvalue weighted by molar-refractivity contribution is 7.91. The molecule has 0 atom stereocenters. The second kappa shape index (κ2) is 5.42. The van der Waals surface area contributed by atoms with Gasteiger partial charge in [-0.1, -0.05) is 11.6 Å². The zero-order chi connectivity index (χ0) is 14.0. The van der Waals surface area contributed by atoms with E-state index in [0.29, 0.717) is 12.8 Å². The average molecular weight is 307 g/mol. The summed E-state index contributed by atoms with van der Waals surface area (Å²) in [6, 6.07) is 0.764. The van der Waals surface area contributed by atoms with Crippen LogP contribution in [0, 0.1) is 5.82 Å². The van der Waals surface area contributed by atoms with E-state index in [1.165, 1.54) is 0 Å². The number of nitrogens with zero attached hydrogens (tertiary/aromatic N) is 1. The quantitative estimate of drug-likeness (QED) is 0.833. The fourth-order valence-corrected chi connectivity index (χ4v) is 3.56. The third kappa shape index (κ3) is 3.63. The standard InChI is InChI=1S/C11H12ClFN2O3S/c12-10-9(5-7(13)6-14-10)11(16)15-8-1-3-19(17,18)4-2-8/h5-6,8H,1-4H2,(H,15,16). The minimum Gasteiger partial charge on any atom is -0.349 e. The molecule has 0 bridgehead atoms. The first-order valence-electron chi connectivity index (χ1n) is 5.70. The van der Waals surface area contributed by atoms with Crippen molar-refractivity contribution in [3.63, 3.8) is 0 Å². The Hall–Kier alpha value is -1.21. The van der Waals surface area contributed by atoms with Crippen molar-refractivity contribution in [3.05, 3.63) is 28.8 Å². The monoisotopic (exact) mass is 306 g/mol. The fourth-order valence-electron chi connectivity index (χ4n) is 1.88. The molecular formula is C11H12ClFN2O3S. The molecule has 2 heterocycles. The Balaban J connectivity index is 2.04. The number of pyridine rings is 1. The molecule has 1 fully saturated rings. The van der Waals surface area contributed by atoms with Gasteiger partial charge in [-0.15, -0.1) is 0 Å². The maximum absolute atomic E-state index is 13.0. The Morgan fingerprint density at radius 2 is 2.05 bits per heavy atom. The van der Waals surface area contributed by atoms with Crippen molar-refractivity contribution in [2.24, 2.45) is 0 Å². The van der Waals surface area contributed by atoms with E-state index in [1.807, 2.05) is 0 Å². The number of halogens is 2. The van der Waals surface area contributed by atoms with Crippen molar-refractivity contribution in [3.8, 4) is 0 Å². The maximum Gasteiger partial charge on any atom is 0.254 e. The number of carbonyl (C=O) groups excluding carboxylic acids is 1. The molecule has 5 nitrogen and oxygen atoms in total. The van der Waals surface area contributed by atoms with Gasteiger partial charge in [-0.3, -0.25) is 4.79 Å². The Labute approximate surface area is 115 Å². The van der Waals surface area contributed by atoms with E-state index in [4.69, 9.17) is 11.6 Å². The minimum atomic E-state index is -2.98. The zero-order valence-electron chi connectivity index (χ0n) is 9.90. The van der Waals surface area contributed by atoms with Gasteiger partial charge in [0.2, 0.25) is 0 Å². The first kappa shape index (κ1) is 14.2. The average Bonchev–Trinajstić information content (AvgIpc) is 2.35. The van der Waals surface area contributed by atoms with Crippen LogP contribution in [0.5, 0.6) is 0 Å². The van der Waals surface area contributed by atoms with E-state index >= 15 is 0 Å². The van der Waals surface area contributed by atoms with E-state index in [-0.39, 0.29) is 28.3 Å². The molecule has 0 radical (unpaired) electrons. The van der Waals surface area contributed by atoms with Crippen molar-refractivity contribution in [1.29, 1.82) is 0 Å². The summed E-state index contributed by atoms with van der Waals surface area (Å²) in [6.45, 7) is 0. The van der Waals surface area contributed by atoms with E-state index in [9.17, 15) is 17.6 Å². The summed E-state index contributed by atoms with van der Waals surface area (Å²) in [7, 11) is -2.98. The predicted octanol–water partition coefficient (Wildman–Crippen LogP) is 1.18. The van der Waals surface area contributed by atoms with Gasteiger partial charge in [0.05, 0.1) is 23.3 Å². The lowest BCUT2D eigenvalue weighted by molar-refractivity contribution is 0.0933. The summed E-state index contributed by atoms with van der Waals surface area (Å²) in [4.78, 5) is 15.4. The lowest BCUT2D eigenvalue weighted by Crippen LogP contribution is -2.41. The van der Waals surface area contributed by atoms with Crippen LogP contribution in [-0.4, -0.2) is 36.9 Å². The van der Waals surface area contributed by atoms with Crippen LogP contribution in [0.1, 0.15) is 23.2 Å². The van der Waals surface area contributed by atoms with Crippen molar-refractivity contribution in [2.45, 2.75) is 18.9 Å². The number of carbonyl (C=O) groups is 1. The van der Waals surface area contributed by atoms with Crippen LogP contribution in [0.25, 0.3) is 0 Å². The fraction of sp³-hybridized carbons (Fsp3) is 0.455. The second-order valence-electron chi connectivity index (χ2n) is 4.39. The Bertz CT molecular complexity index is 592. The summed E-state index contributed by atoms with van der Waals surface area (Å²) < 4.78 is 35.5. The molecule has 1 aromatic heterocycles. The van der Waals surface area contributed by atoms with Crippen LogP contribution < -0.4 is 5.32 Å². The third-order valence-corrected chi connectivity index (χ3v) is 4.96. The van der Waals surface area contributed by atoms with E-state index in [2.05, 4.69) is 10.3 Å². The summed E-state index contributed by atoms with van der Waals surface area (Å²) in [5, 5.41) is 2.57. The van der Waals surface area contributed by atoms with Crippen LogP contribution in [0.3, 0.4) is 0 Å². The van der Waals surface area contributed by atoms with Gasteiger partial charge in [0.1, 0.15) is 20.8 Å². The lowest BCUT2D eigenvalue weighted by Gasteiger charge is -2.23. The molecule has 1 aromatic rings. The molecule has 104 valence electrons. The first-order chi connectivity index (χ1) is 8.87. The minimum absolute atomic E-state index is 0.0462. The molecule has 0 saturated carbocycles. The number of nitrogens with one attached hydrogen (secondary N) is 1. The molecule has 0 unspecified atom stereocenters. The Kier molecular flexibility index (Phi) is 4.05. The van der Waals surface area contributed by atoms with Crippen molar-refractivity contribution in [2.75, 3.05) is 11.5 Å². The van der Waals surface area contributed by atoms with Gasteiger partial charge in [0.15, 0.2) is 0 Å². The molecule has 8 heteroatoms. The maximum atomic E-state index is 13.0. The van der Waals surface area contributed by atoms with Crippen molar-refractivity contribution in [1.82, 2.24) is 10.3 Å². The van der Waals surface area contributed by atoms with Gasteiger partial charge in [0, 0.05) is 6.04 Å². The highest BCUT2D eigenvalue weighted by Gasteiger charge is 2.25. The largest absolute Gasteiger partial charge is 0.349 e. The van der Waals surface area contributed by atoms with Crippen LogP contribution in [0.15, 0.2) is 12.3 Å². The number of sulfone groups is 1. The molecule has 19 heavy (non-hydrogen) atoms. The summed E-state index contributed by atoms with van der Waals surface area (Å²) >= 11 is 5.72. The normalized spacial score (nSPS) is 19.1. The summed E-state index contributed by atoms with van der Waals surface area (Å²) in [6.07, 6.45) is 1.63. The van der Waals surface area contributed by atoms with E-state index in [1.54, 1.807) is 0 Å². The topological polar surface area (TPSA) is 76.1 Å². The van der Waals surface area contributed by atoms with Crippen LogP contribution in [-0.2, 0) is 9.84 Å². The van der Waals surface area contributed by atoms with E-state index in [0.717, 1.165) is 12.3 Å². The molecule has 1 saturated heterocycles. The van der Waals surface area contributed by atoms with Crippen LogP contribution in [0.4, 0.5) is 4.39 Å². The van der Waals surface area contributed by atoms with Gasteiger partial charge < -0.3 is 5.32 Å². The van der Waals surface area contributed by atoms with Gasteiger partial charge in [-0.2, -0.15) is 0 Å². The van der Waals surface area contributed by atoms with Gasteiger partial charge in [-0.05, 0) is 18.9 Å². The van der Waals surface area contributed by atoms with Crippen LogP contribution in [0.2, 0.25) is 5.15 Å². The molecule has 2 rings (SSSR count). The molecule has 1 N–H and O–H groups in total. The van der Waals surface area contributed by atoms with E-state index < -0.39 is 21.6 Å². The highest BCUT2D eigenvalue weighted by Crippen LogP contribution is 2.16. The molecule has 1 aliphatic heterocycles. The zero-order valence-corrected chi connectivity index (χ0v) is 11.5. The smallest absolute Gasteiger partial charge is 0.254 e. The van der Waals surface area contributed by atoms with Crippen molar-refractivity contribution < 1.29 is 17.6 Å². The van der Waals surface area contributed by atoms with Gasteiger partial charge >= 0.3 is 0 Å². The predicted molar refractivity (Wildman–Crippen MR) is 68.3 cm³/mol. The summed E-state index contributed by atoms with van der Waals surface area (Å²) in [5.41, 5.74) is -0.0462. The second-order valence-corrected chi connectivity index (χ2v) is 7.05. The lowest BCUT2D eigenvalue weighted by atomic mass is 10.1. The Morgan fingerprint density at radius 1 is 1.42 bits per heavy atom. The molecule has 1 amide bonds. The third-order valence-electron chi connectivity index (χ3n) is 2.94. The molecule has 0 aliphatic carbocycles. The SMILES string of the molecule is O=C(NC1CCS(=O)(=O)CC1)c1cc(F)cnc1Cl. The van der Waals surface area contributed by atoms with Gasteiger partial charge in [-0.25, -0.2) is 17.8 Å². The number of hydrogen-bond acceptors (Lipinski definition) is 4. The molecule has 1 aliphatic rings. The Morgan fingerprint density at radius 3 is 2.68 bits per heavy atom. The highest BCUT2D eigenvalue weighted by atomic mass is 35.5. The molecular weight excluding hydrogens is 295 g/mol. The van der Waals surface area contributed by atoms with Gasteiger partial charge in [0.25, 0.3) is 5.91 Å². The number of aromatic nitrogens is 1. The summed E-state index contributed by atoms with van der Waals surface area (Å²) in [5.74, 6) is -1.10. The first-order valence-corrected chi connectivity index (χ1v) is 7.90. The molecule has 0 spiro atoms. The number of rotatable bonds is 2. The van der Waals surface area contributed by atoms with Crippen LogP contribution >= 0.6 is 11.6 Å². The van der Waals surface area contributed by atoms with Crippen molar-refractivity contribution >= 4 is 27.3 Å².